The van der Waals surface area contributed by atoms with Crippen LogP contribution >= 0.6 is 0 Å². The van der Waals surface area contributed by atoms with Crippen molar-refractivity contribution in [3.8, 4) is 5.75 Å². The molecule has 2 rings (SSSR count). The Balaban J connectivity index is 1.94. The Hall–Kier alpha value is -2.04. The maximum Gasteiger partial charge on any atom is 0.306 e. The fraction of sp³-hybridized carbons (Fsp3) is 0.529. The number of carbonyl (C=O) groups is 2. The average molecular weight is 305 g/mol. The number of benzene rings is 1. The molecular weight excluding hydrogens is 282 g/mol. The van der Waals surface area contributed by atoms with Crippen molar-refractivity contribution in [2.24, 2.45) is 0 Å². The van der Waals surface area contributed by atoms with E-state index in [4.69, 9.17) is 4.74 Å². The van der Waals surface area contributed by atoms with E-state index >= 15 is 0 Å². The van der Waals surface area contributed by atoms with Gasteiger partial charge >= 0.3 is 5.97 Å². The minimum absolute atomic E-state index is 0.0494. The molecule has 1 aromatic carbocycles. The number of esters is 1. The highest BCUT2D eigenvalue weighted by Gasteiger charge is 2.31. The number of hydrogen-bond donors (Lipinski definition) is 1. The average Bonchev–Trinajstić information content (AvgIpc) is 2.71. The van der Waals surface area contributed by atoms with Crippen LogP contribution in [0, 0.1) is 0 Å². The predicted molar refractivity (Wildman–Crippen MR) is 82.5 cm³/mol. The van der Waals surface area contributed by atoms with Crippen molar-refractivity contribution in [2.75, 3.05) is 0 Å². The topological polar surface area (TPSA) is 66.8 Å². The molecule has 0 bridgehead atoms. The minimum atomic E-state index is -0.489. The van der Waals surface area contributed by atoms with E-state index in [1.807, 2.05) is 27.7 Å². The Kier molecular flexibility index (Phi) is 4.44. The van der Waals surface area contributed by atoms with E-state index in [0.717, 1.165) is 5.56 Å². The first-order valence-corrected chi connectivity index (χ1v) is 7.52. The molecule has 1 atom stereocenters. The molecule has 0 spiro atoms. The first-order chi connectivity index (χ1) is 10.2. The van der Waals surface area contributed by atoms with Gasteiger partial charge in [-0.05, 0) is 57.9 Å². The molecule has 5 nitrogen and oxygen atoms in total. The number of rotatable bonds is 4. The zero-order valence-electron chi connectivity index (χ0n) is 13.5. The van der Waals surface area contributed by atoms with E-state index in [1.165, 1.54) is 6.07 Å². The van der Waals surface area contributed by atoms with Crippen molar-refractivity contribution >= 4 is 11.9 Å². The van der Waals surface area contributed by atoms with Crippen LogP contribution in [-0.4, -0.2) is 33.5 Å². The maximum absolute atomic E-state index is 12.4. The number of carbonyl (C=O) groups excluding carboxylic acids is 2. The van der Waals surface area contributed by atoms with Gasteiger partial charge < -0.3 is 14.7 Å². The second-order valence-corrected chi connectivity index (χ2v) is 6.75. The fourth-order valence-corrected chi connectivity index (χ4v) is 2.56. The van der Waals surface area contributed by atoms with Crippen molar-refractivity contribution < 1.29 is 19.4 Å². The number of phenols is 1. The highest BCUT2D eigenvalue weighted by Crippen LogP contribution is 2.28. The van der Waals surface area contributed by atoms with Gasteiger partial charge in [-0.15, -0.1) is 0 Å². The van der Waals surface area contributed by atoms with Gasteiger partial charge in [0, 0.05) is 24.6 Å². The van der Waals surface area contributed by atoms with Gasteiger partial charge in [-0.25, -0.2) is 0 Å². The summed E-state index contributed by atoms with van der Waals surface area (Å²) in [6.07, 6.45) is 0.838. The van der Waals surface area contributed by atoms with Gasteiger partial charge in [0.2, 0.25) is 0 Å². The Labute approximate surface area is 130 Å². The Bertz CT molecular complexity index is 589. The van der Waals surface area contributed by atoms with Crippen molar-refractivity contribution in [3.05, 3.63) is 29.3 Å². The summed E-state index contributed by atoms with van der Waals surface area (Å²) in [5.74, 6) is -0.136. The van der Waals surface area contributed by atoms with E-state index < -0.39 is 5.60 Å². The van der Waals surface area contributed by atoms with E-state index in [9.17, 15) is 14.7 Å². The molecule has 0 fully saturated rings. The number of phenolic OH excluding ortho intramolecular Hbond substituents is 1. The lowest BCUT2D eigenvalue weighted by molar-refractivity contribution is -0.155. The molecular formula is C17H23NO4. The standard InChI is InChI=1S/C17H23NO4/c1-11(5-8-15(20)22-17(2,3)4)18-10-12-9-13(19)6-7-14(12)16(18)21/h6-7,9,11,19H,5,8,10H2,1-4H3. The molecule has 1 aromatic rings. The molecule has 0 saturated heterocycles. The molecule has 1 heterocycles. The van der Waals surface area contributed by atoms with Gasteiger partial charge in [0.25, 0.3) is 5.91 Å². The first-order valence-electron chi connectivity index (χ1n) is 7.52. The van der Waals surface area contributed by atoms with E-state index in [0.29, 0.717) is 18.5 Å². The van der Waals surface area contributed by atoms with Crippen molar-refractivity contribution in [1.29, 1.82) is 0 Å². The largest absolute Gasteiger partial charge is 0.508 e. The molecule has 0 saturated carbocycles. The fourth-order valence-electron chi connectivity index (χ4n) is 2.56. The highest BCUT2D eigenvalue weighted by atomic mass is 16.6. The molecule has 120 valence electrons. The summed E-state index contributed by atoms with van der Waals surface area (Å²) in [6.45, 7) is 7.90. The molecule has 1 aliphatic rings. The highest BCUT2D eigenvalue weighted by molar-refractivity contribution is 5.98. The molecule has 1 aliphatic heterocycles. The normalized spacial score (nSPS) is 15.6. The monoisotopic (exact) mass is 305 g/mol. The number of hydrogen-bond acceptors (Lipinski definition) is 4. The van der Waals surface area contributed by atoms with Crippen molar-refractivity contribution in [3.63, 3.8) is 0 Å². The number of ether oxygens (including phenoxy) is 1. The molecule has 1 amide bonds. The van der Waals surface area contributed by atoms with E-state index in [2.05, 4.69) is 0 Å². The van der Waals surface area contributed by atoms with Crippen LogP contribution in [0.15, 0.2) is 18.2 Å². The van der Waals surface area contributed by atoms with Crippen LogP contribution in [0.25, 0.3) is 0 Å². The van der Waals surface area contributed by atoms with Gasteiger partial charge in [0.15, 0.2) is 0 Å². The summed E-state index contributed by atoms with van der Waals surface area (Å²) < 4.78 is 5.28. The Morgan fingerprint density at radius 3 is 2.73 bits per heavy atom. The Morgan fingerprint density at radius 2 is 2.09 bits per heavy atom. The smallest absolute Gasteiger partial charge is 0.306 e. The van der Waals surface area contributed by atoms with Crippen LogP contribution in [0.3, 0.4) is 0 Å². The lowest BCUT2D eigenvalue weighted by Crippen LogP contribution is -2.34. The third-order valence-corrected chi connectivity index (χ3v) is 3.64. The quantitative estimate of drug-likeness (QED) is 0.869. The maximum atomic E-state index is 12.4. The van der Waals surface area contributed by atoms with E-state index in [1.54, 1.807) is 17.0 Å². The number of fused-ring (bicyclic) bond motifs is 1. The predicted octanol–water partition coefficient (Wildman–Crippen LogP) is 2.86. The van der Waals surface area contributed by atoms with Gasteiger partial charge in [-0.2, -0.15) is 0 Å². The second kappa shape index (κ2) is 5.99. The molecule has 5 heteroatoms. The summed E-state index contributed by atoms with van der Waals surface area (Å²) in [7, 11) is 0. The Morgan fingerprint density at radius 1 is 1.41 bits per heavy atom. The summed E-state index contributed by atoms with van der Waals surface area (Å²) in [4.78, 5) is 25.8. The number of nitrogens with zero attached hydrogens (tertiary/aromatic N) is 1. The molecule has 0 aliphatic carbocycles. The molecule has 0 aromatic heterocycles. The van der Waals surface area contributed by atoms with Gasteiger partial charge in [0.05, 0.1) is 0 Å². The SMILES string of the molecule is CC(CCC(=O)OC(C)(C)C)N1Cc2cc(O)ccc2C1=O. The number of amides is 1. The summed E-state index contributed by atoms with van der Waals surface area (Å²) in [6, 6.07) is 4.72. The second-order valence-electron chi connectivity index (χ2n) is 6.75. The van der Waals surface area contributed by atoms with Crippen molar-refractivity contribution in [2.45, 2.75) is 58.7 Å². The van der Waals surface area contributed by atoms with Gasteiger partial charge in [0.1, 0.15) is 11.4 Å². The van der Waals surface area contributed by atoms with Crippen LogP contribution < -0.4 is 0 Å². The lowest BCUT2D eigenvalue weighted by atomic mass is 10.1. The van der Waals surface area contributed by atoms with Crippen LogP contribution in [0.2, 0.25) is 0 Å². The molecule has 22 heavy (non-hydrogen) atoms. The van der Waals surface area contributed by atoms with Crippen LogP contribution in [0.5, 0.6) is 5.75 Å². The van der Waals surface area contributed by atoms with Gasteiger partial charge in [-0.1, -0.05) is 0 Å². The zero-order valence-corrected chi connectivity index (χ0v) is 13.5. The van der Waals surface area contributed by atoms with Crippen LogP contribution in [-0.2, 0) is 16.1 Å². The number of aromatic hydroxyl groups is 1. The van der Waals surface area contributed by atoms with E-state index in [-0.39, 0.29) is 30.1 Å². The molecule has 1 N–H and O–H groups in total. The summed E-state index contributed by atoms with van der Waals surface area (Å²) in [5, 5.41) is 9.50. The third kappa shape index (κ3) is 3.78. The third-order valence-electron chi connectivity index (χ3n) is 3.64. The minimum Gasteiger partial charge on any atom is -0.508 e. The van der Waals surface area contributed by atoms with Crippen LogP contribution in [0.1, 0.15) is 56.5 Å². The van der Waals surface area contributed by atoms with Crippen LogP contribution in [0.4, 0.5) is 0 Å². The summed E-state index contributed by atoms with van der Waals surface area (Å²) in [5.41, 5.74) is 0.966. The molecule has 1 unspecified atom stereocenters. The zero-order chi connectivity index (χ0) is 16.5. The first kappa shape index (κ1) is 16.3. The lowest BCUT2D eigenvalue weighted by Gasteiger charge is -2.25. The van der Waals surface area contributed by atoms with Crippen molar-refractivity contribution in [1.82, 2.24) is 4.90 Å². The summed E-state index contributed by atoms with van der Waals surface area (Å²) >= 11 is 0. The molecule has 0 radical (unpaired) electrons. The van der Waals surface area contributed by atoms with Gasteiger partial charge in [-0.3, -0.25) is 9.59 Å².